The molecule has 0 fully saturated rings. The molecule has 2 aromatic carbocycles. The highest BCUT2D eigenvalue weighted by atomic mass is 16.5. The third kappa shape index (κ3) is 5.30. The Morgan fingerprint density at radius 2 is 1.82 bits per heavy atom. The lowest BCUT2D eigenvalue weighted by molar-refractivity contribution is 0.102. The molecule has 0 aliphatic heterocycles. The number of benzene rings is 2. The molecule has 6 nitrogen and oxygen atoms in total. The zero-order valence-corrected chi connectivity index (χ0v) is 16.3. The number of hydrogen-bond acceptors (Lipinski definition) is 5. The minimum Gasteiger partial charge on any atom is -0.489 e. The molecule has 0 saturated heterocycles. The molecule has 3 rings (SSSR count). The van der Waals surface area contributed by atoms with E-state index in [1.165, 1.54) is 18.0 Å². The summed E-state index contributed by atoms with van der Waals surface area (Å²) >= 11 is 0. The lowest BCUT2D eigenvalue weighted by Crippen LogP contribution is -2.15. The van der Waals surface area contributed by atoms with Crippen molar-refractivity contribution in [1.29, 1.82) is 0 Å². The summed E-state index contributed by atoms with van der Waals surface area (Å²) in [5, 5.41) is 6.01. The molecule has 6 heteroatoms. The summed E-state index contributed by atoms with van der Waals surface area (Å²) in [6.45, 7) is 6.55. The van der Waals surface area contributed by atoms with Crippen molar-refractivity contribution in [2.75, 3.05) is 10.6 Å². The molecule has 0 atom stereocenters. The van der Waals surface area contributed by atoms with Crippen molar-refractivity contribution < 1.29 is 9.53 Å². The van der Waals surface area contributed by atoms with Gasteiger partial charge in [0.2, 0.25) is 5.95 Å². The highest BCUT2D eigenvalue weighted by molar-refractivity contribution is 6.04. The minimum absolute atomic E-state index is 0.0140. The average molecular weight is 376 g/mol. The van der Waals surface area contributed by atoms with Gasteiger partial charge >= 0.3 is 0 Å². The molecule has 0 aliphatic carbocycles. The minimum atomic E-state index is -0.287. The number of aromatic nitrogens is 2. The molecule has 0 spiro atoms. The number of amides is 1. The number of nitrogens with zero attached hydrogens (tertiary/aromatic N) is 2. The van der Waals surface area contributed by atoms with E-state index in [0.29, 0.717) is 29.5 Å². The summed E-state index contributed by atoms with van der Waals surface area (Å²) in [5.74, 6) is 0.815. The zero-order valence-electron chi connectivity index (χ0n) is 16.3. The maximum atomic E-state index is 12.5. The highest BCUT2D eigenvalue weighted by Gasteiger charge is 2.11. The predicted octanol–water partition coefficient (Wildman–Crippen LogP) is 4.44. The number of nitrogens with one attached hydrogen (secondary N) is 2. The van der Waals surface area contributed by atoms with Crippen LogP contribution in [0.2, 0.25) is 0 Å². The number of hydrogen-bond donors (Lipinski definition) is 2. The van der Waals surface area contributed by atoms with E-state index >= 15 is 0 Å². The Kier molecular flexibility index (Phi) is 6.22. The number of para-hydroxylation sites is 2. The normalized spacial score (nSPS) is 10.6. The third-order valence-electron chi connectivity index (χ3n) is 3.95. The summed E-state index contributed by atoms with van der Waals surface area (Å²) in [7, 11) is 0. The molecule has 0 bridgehead atoms. The number of rotatable bonds is 7. The number of carbonyl (C=O) groups is 1. The fourth-order valence-electron chi connectivity index (χ4n) is 2.66. The van der Waals surface area contributed by atoms with Gasteiger partial charge in [-0.3, -0.25) is 4.79 Å². The average Bonchev–Trinajstić information content (AvgIpc) is 2.68. The molecule has 3 aromatic rings. The highest BCUT2D eigenvalue weighted by Crippen LogP contribution is 2.25. The van der Waals surface area contributed by atoms with Crippen LogP contribution in [0.25, 0.3) is 0 Å². The summed E-state index contributed by atoms with van der Waals surface area (Å²) in [5.41, 5.74) is 3.34. The van der Waals surface area contributed by atoms with Gasteiger partial charge in [-0.1, -0.05) is 42.0 Å². The van der Waals surface area contributed by atoms with E-state index in [1.807, 2.05) is 44.2 Å². The van der Waals surface area contributed by atoms with Crippen molar-refractivity contribution in [3.8, 4) is 5.75 Å². The van der Waals surface area contributed by atoms with E-state index in [2.05, 4.69) is 39.7 Å². The topological polar surface area (TPSA) is 76.1 Å². The first kappa shape index (κ1) is 19.4. The first-order valence-electron chi connectivity index (χ1n) is 9.20. The molecule has 0 radical (unpaired) electrons. The van der Waals surface area contributed by atoms with Crippen LogP contribution in [0.3, 0.4) is 0 Å². The smallest absolute Gasteiger partial charge is 0.258 e. The molecule has 0 aliphatic rings. The zero-order chi connectivity index (χ0) is 19.9. The van der Waals surface area contributed by atoms with Gasteiger partial charge in [-0.25, -0.2) is 9.97 Å². The van der Waals surface area contributed by atoms with Crippen LogP contribution in [-0.4, -0.2) is 22.0 Å². The Bertz CT molecular complexity index is 939. The van der Waals surface area contributed by atoms with Crippen molar-refractivity contribution >= 4 is 17.5 Å². The van der Waals surface area contributed by atoms with Crippen molar-refractivity contribution in [3.63, 3.8) is 0 Å². The monoisotopic (exact) mass is 376 g/mol. The van der Waals surface area contributed by atoms with Crippen molar-refractivity contribution in [1.82, 2.24) is 9.97 Å². The number of anilines is 2. The van der Waals surface area contributed by atoms with Gasteiger partial charge < -0.3 is 15.4 Å². The summed E-state index contributed by atoms with van der Waals surface area (Å²) < 4.78 is 5.73. The molecular formula is C22H24N4O2. The lowest BCUT2D eigenvalue weighted by atomic mass is 10.1. The van der Waals surface area contributed by atoms with E-state index in [1.54, 1.807) is 6.07 Å². The second-order valence-electron chi connectivity index (χ2n) is 6.75. The predicted molar refractivity (Wildman–Crippen MR) is 111 cm³/mol. The largest absolute Gasteiger partial charge is 0.489 e. The van der Waals surface area contributed by atoms with Gasteiger partial charge in [-0.2, -0.15) is 0 Å². The summed E-state index contributed by atoms with van der Waals surface area (Å²) in [4.78, 5) is 21.0. The quantitative estimate of drug-likeness (QED) is 0.638. The Labute approximate surface area is 165 Å². The van der Waals surface area contributed by atoms with Crippen molar-refractivity contribution in [3.05, 3.63) is 77.6 Å². The molecular weight excluding hydrogens is 352 g/mol. The third-order valence-corrected chi connectivity index (χ3v) is 3.95. The Morgan fingerprint density at radius 3 is 2.54 bits per heavy atom. The second-order valence-corrected chi connectivity index (χ2v) is 6.75. The van der Waals surface area contributed by atoms with E-state index in [-0.39, 0.29) is 12.0 Å². The van der Waals surface area contributed by atoms with Crippen LogP contribution in [0.5, 0.6) is 5.75 Å². The van der Waals surface area contributed by atoms with E-state index in [0.717, 1.165) is 5.56 Å². The number of carbonyl (C=O) groups excluding carboxylic acids is 1. The van der Waals surface area contributed by atoms with Gasteiger partial charge in [-0.05, 0) is 38.5 Å². The molecule has 144 valence electrons. The fraction of sp³-hybridized carbons (Fsp3) is 0.227. The van der Waals surface area contributed by atoms with Crippen LogP contribution in [-0.2, 0) is 6.54 Å². The molecule has 28 heavy (non-hydrogen) atoms. The SMILES string of the molecule is Cc1cccc(CNc2ncc(C(=O)Nc3ccccc3OC(C)C)cn2)c1. The number of aryl methyl sites for hydroxylation is 1. The van der Waals surface area contributed by atoms with Gasteiger partial charge in [0.15, 0.2) is 0 Å². The molecule has 1 heterocycles. The number of ether oxygens (including phenoxy) is 1. The van der Waals surface area contributed by atoms with Gasteiger partial charge in [0.25, 0.3) is 5.91 Å². The Morgan fingerprint density at radius 1 is 1.07 bits per heavy atom. The van der Waals surface area contributed by atoms with Crippen LogP contribution in [0, 0.1) is 6.92 Å². The van der Waals surface area contributed by atoms with Crippen molar-refractivity contribution in [2.24, 2.45) is 0 Å². The standard InChI is InChI=1S/C22H24N4O2/c1-15(2)28-20-10-5-4-9-19(20)26-21(27)18-13-24-22(25-14-18)23-12-17-8-6-7-16(3)11-17/h4-11,13-15H,12H2,1-3H3,(H,26,27)(H,23,24,25). The molecule has 1 aromatic heterocycles. The molecule has 0 saturated carbocycles. The van der Waals surface area contributed by atoms with Crippen LogP contribution < -0.4 is 15.4 Å². The van der Waals surface area contributed by atoms with E-state index in [9.17, 15) is 4.79 Å². The molecule has 0 unspecified atom stereocenters. The first-order valence-corrected chi connectivity index (χ1v) is 9.20. The van der Waals surface area contributed by atoms with Crippen LogP contribution in [0.4, 0.5) is 11.6 Å². The van der Waals surface area contributed by atoms with Crippen LogP contribution in [0.15, 0.2) is 60.9 Å². The summed E-state index contributed by atoms with van der Waals surface area (Å²) in [6, 6.07) is 15.5. The van der Waals surface area contributed by atoms with Gasteiger partial charge in [0, 0.05) is 18.9 Å². The molecule has 2 N–H and O–H groups in total. The van der Waals surface area contributed by atoms with Crippen LogP contribution in [0.1, 0.15) is 35.3 Å². The van der Waals surface area contributed by atoms with Gasteiger partial charge in [0.1, 0.15) is 5.75 Å². The first-order chi connectivity index (χ1) is 13.5. The van der Waals surface area contributed by atoms with Crippen molar-refractivity contribution in [2.45, 2.75) is 33.4 Å². The van der Waals surface area contributed by atoms with E-state index < -0.39 is 0 Å². The maximum absolute atomic E-state index is 12.5. The van der Waals surface area contributed by atoms with Gasteiger partial charge in [0.05, 0.1) is 17.4 Å². The van der Waals surface area contributed by atoms with Crippen LogP contribution >= 0.6 is 0 Å². The fourth-order valence-corrected chi connectivity index (χ4v) is 2.66. The maximum Gasteiger partial charge on any atom is 0.258 e. The van der Waals surface area contributed by atoms with Gasteiger partial charge in [-0.15, -0.1) is 0 Å². The molecule has 1 amide bonds. The Hall–Kier alpha value is -3.41. The van der Waals surface area contributed by atoms with E-state index in [4.69, 9.17) is 4.74 Å². The second kappa shape index (κ2) is 8.99. The Balaban J connectivity index is 1.62. The summed E-state index contributed by atoms with van der Waals surface area (Å²) in [6.07, 6.45) is 3.03. The lowest BCUT2D eigenvalue weighted by Gasteiger charge is -2.14.